The fourth-order valence-electron chi connectivity index (χ4n) is 2.63. The third-order valence-corrected chi connectivity index (χ3v) is 3.82. The number of hydrogen-bond donors (Lipinski definition) is 3. The minimum atomic E-state index is -0.830. The van der Waals surface area contributed by atoms with Crippen molar-refractivity contribution in [2.75, 3.05) is 6.61 Å². The lowest BCUT2D eigenvalue weighted by Crippen LogP contribution is -2.25. The minimum Gasteiger partial charge on any atom is -0.494 e. The number of amidine groups is 1. The Labute approximate surface area is 136 Å². The van der Waals surface area contributed by atoms with Gasteiger partial charge in [-0.05, 0) is 55.9 Å². The number of aliphatic carboxylic acids is 1. The van der Waals surface area contributed by atoms with E-state index in [2.05, 4.69) is 0 Å². The van der Waals surface area contributed by atoms with Gasteiger partial charge in [0.15, 0.2) is 0 Å². The van der Waals surface area contributed by atoms with Crippen LogP contribution in [0.5, 0.6) is 11.5 Å². The molecule has 0 amide bonds. The van der Waals surface area contributed by atoms with E-state index in [0.29, 0.717) is 19.4 Å². The van der Waals surface area contributed by atoms with Gasteiger partial charge in [-0.15, -0.1) is 0 Å². The maximum absolute atomic E-state index is 10.7. The van der Waals surface area contributed by atoms with Crippen molar-refractivity contribution in [3.8, 4) is 11.5 Å². The van der Waals surface area contributed by atoms with E-state index in [1.165, 1.54) is 0 Å². The number of benzene rings is 1. The van der Waals surface area contributed by atoms with Crippen molar-refractivity contribution in [3.05, 3.63) is 23.8 Å². The second-order valence-corrected chi connectivity index (χ2v) is 5.83. The van der Waals surface area contributed by atoms with Crippen LogP contribution in [0, 0.1) is 5.41 Å². The van der Waals surface area contributed by atoms with Gasteiger partial charge in [0.2, 0.25) is 0 Å². The maximum atomic E-state index is 10.7. The maximum Gasteiger partial charge on any atom is 0.307 e. The molecule has 0 bridgehead atoms. The van der Waals surface area contributed by atoms with E-state index in [-0.39, 0.29) is 18.4 Å². The fourth-order valence-corrected chi connectivity index (χ4v) is 2.63. The molecule has 1 aliphatic rings. The monoisotopic (exact) mass is 320 g/mol. The molecule has 1 aliphatic heterocycles. The van der Waals surface area contributed by atoms with E-state index in [4.69, 9.17) is 25.7 Å². The summed E-state index contributed by atoms with van der Waals surface area (Å²) in [4.78, 5) is 10.7. The van der Waals surface area contributed by atoms with Gasteiger partial charge in [0.25, 0.3) is 0 Å². The van der Waals surface area contributed by atoms with Gasteiger partial charge in [-0.3, -0.25) is 10.2 Å². The lowest BCUT2D eigenvalue weighted by molar-refractivity contribution is -0.139. The summed E-state index contributed by atoms with van der Waals surface area (Å²) < 4.78 is 11.4. The first-order valence-corrected chi connectivity index (χ1v) is 8.01. The number of ether oxygens (including phenoxy) is 2. The highest BCUT2D eigenvalue weighted by molar-refractivity contribution is 5.76. The highest BCUT2D eigenvalue weighted by Crippen LogP contribution is 2.31. The molecule has 1 heterocycles. The highest BCUT2D eigenvalue weighted by atomic mass is 16.5. The first-order valence-electron chi connectivity index (χ1n) is 8.01. The molecule has 0 saturated carbocycles. The van der Waals surface area contributed by atoms with Crippen LogP contribution >= 0.6 is 0 Å². The molecule has 0 aliphatic carbocycles. The standard InChI is InChI=1S/C17H24N2O4/c18-16(19)4-2-1-3-9-22-13-7-8-15-12(10-13)5-6-14(23-15)11-17(20)21/h7-8,10,14H,1-6,9,11H2,(H3,18,19)(H,20,21). The van der Waals surface area contributed by atoms with Gasteiger partial charge in [0.05, 0.1) is 18.9 Å². The highest BCUT2D eigenvalue weighted by Gasteiger charge is 2.22. The Balaban J connectivity index is 1.76. The minimum absolute atomic E-state index is 0.0396. The van der Waals surface area contributed by atoms with Crippen LogP contribution in [0.15, 0.2) is 18.2 Å². The van der Waals surface area contributed by atoms with Crippen molar-refractivity contribution in [2.45, 2.75) is 51.0 Å². The Morgan fingerprint density at radius 1 is 1.39 bits per heavy atom. The van der Waals surface area contributed by atoms with Crippen LogP contribution in [-0.2, 0) is 11.2 Å². The zero-order valence-electron chi connectivity index (χ0n) is 13.2. The Morgan fingerprint density at radius 3 is 2.96 bits per heavy atom. The van der Waals surface area contributed by atoms with E-state index in [1.807, 2.05) is 18.2 Å². The summed E-state index contributed by atoms with van der Waals surface area (Å²) >= 11 is 0. The molecule has 1 unspecified atom stereocenters. The lowest BCUT2D eigenvalue weighted by Gasteiger charge is -2.25. The van der Waals surface area contributed by atoms with E-state index >= 15 is 0 Å². The number of fused-ring (bicyclic) bond motifs is 1. The van der Waals surface area contributed by atoms with Crippen molar-refractivity contribution in [3.63, 3.8) is 0 Å². The lowest BCUT2D eigenvalue weighted by atomic mass is 10.0. The van der Waals surface area contributed by atoms with Crippen molar-refractivity contribution < 1.29 is 19.4 Å². The molecule has 126 valence electrons. The number of carboxylic acid groups (broad SMARTS) is 1. The molecule has 0 radical (unpaired) electrons. The summed E-state index contributed by atoms with van der Waals surface area (Å²) in [6, 6.07) is 5.69. The number of unbranched alkanes of at least 4 members (excludes halogenated alkanes) is 2. The average Bonchev–Trinajstić information content (AvgIpc) is 2.50. The molecule has 0 saturated heterocycles. The van der Waals surface area contributed by atoms with Crippen LogP contribution in [0.25, 0.3) is 0 Å². The second-order valence-electron chi connectivity index (χ2n) is 5.83. The molecular weight excluding hydrogens is 296 g/mol. The molecule has 6 heteroatoms. The number of carboxylic acids is 1. The van der Waals surface area contributed by atoms with Crippen LogP contribution < -0.4 is 15.2 Å². The predicted molar refractivity (Wildman–Crippen MR) is 87.3 cm³/mol. The summed E-state index contributed by atoms with van der Waals surface area (Å²) in [5.74, 6) is 0.983. The Hall–Kier alpha value is -2.24. The summed E-state index contributed by atoms with van der Waals surface area (Å²) in [5.41, 5.74) is 6.38. The first kappa shape index (κ1) is 17.1. The van der Waals surface area contributed by atoms with Gasteiger partial charge < -0.3 is 20.3 Å². The predicted octanol–water partition coefficient (Wildman–Crippen LogP) is 2.73. The zero-order valence-corrected chi connectivity index (χ0v) is 13.2. The molecule has 23 heavy (non-hydrogen) atoms. The van der Waals surface area contributed by atoms with Crippen LogP contribution in [0.3, 0.4) is 0 Å². The SMILES string of the molecule is N=C(N)CCCCCOc1ccc2c(c1)CCC(CC(=O)O)O2. The largest absolute Gasteiger partial charge is 0.494 e. The van der Waals surface area contributed by atoms with Gasteiger partial charge >= 0.3 is 5.97 Å². The summed E-state index contributed by atoms with van der Waals surface area (Å²) in [7, 11) is 0. The first-order chi connectivity index (χ1) is 11.0. The quantitative estimate of drug-likeness (QED) is 0.368. The van der Waals surface area contributed by atoms with E-state index in [9.17, 15) is 4.79 Å². The Morgan fingerprint density at radius 2 is 2.22 bits per heavy atom. The van der Waals surface area contributed by atoms with Crippen LogP contribution in [0.4, 0.5) is 0 Å². The van der Waals surface area contributed by atoms with Gasteiger partial charge in [-0.1, -0.05) is 0 Å². The third-order valence-electron chi connectivity index (χ3n) is 3.82. The topological polar surface area (TPSA) is 106 Å². The number of nitrogens with one attached hydrogen (secondary N) is 1. The number of carbonyl (C=O) groups is 1. The summed E-state index contributed by atoms with van der Waals surface area (Å²) in [6.07, 6.45) is 4.81. The number of nitrogens with two attached hydrogens (primary N) is 1. The molecule has 1 aromatic carbocycles. The van der Waals surface area contributed by atoms with Crippen molar-refractivity contribution in [1.82, 2.24) is 0 Å². The molecule has 6 nitrogen and oxygen atoms in total. The van der Waals surface area contributed by atoms with Crippen molar-refractivity contribution in [1.29, 1.82) is 5.41 Å². The van der Waals surface area contributed by atoms with E-state index in [1.54, 1.807) is 0 Å². The number of rotatable bonds is 9. The second kappa shape index (κ2) is 8.41. The molecule has 4 N–H and O–H groups in total. The van der Waals surface area contributed by atoms with Crippen LogP contribution in [-0.4, -0.2) is 29.6 Å². The average molecular weight is 320 g/mol. The van der Waals surface area contributed by atoms with Crippen LogP contribution in [0.2, 0.25) is 0 Å². The zero-order chi connectivity index (χ0) is 16.7. The van der Waals surface area contributed by atoms with Crippen molar-refractivity contribution >= 4 is 11.8 Å². The van der Waals surface area contributed by atoms with Crippen LogP contribution in [0.1, 0.15) is 44.1 Å². The molecule has 0 spiro atoms. The molecule has 0 fully saturated rings. The molecule has 1 aromatic rings. The number of hydrogen-bond acceptors (Lipinski definition) is 4. The smallest absolute Gasteiger partial charge is 0.307 e. The summed E-state index contributed by atoms with van der Waals surface area (Å²) in [5, 5.41) is 16.0. The van der Waals surface area contributed by atoms with E-state index < -0.39 is 5.97 Å². The molecular formula is C17H24N2O4. The molecule has 2 rings (SSSR count). The number of aryl methyl sites for hydroxylation is 1. The Bertz CT molecular complexity index is 560. The van der Waals surface area contributed by atoms with Gasteiger partial charge in [-0.25, -0.2) is 0 Å². The Kier molecular flexibility index (Phi) is 6.26. The fraction of sp³-hybridized carbons (Fsp3) is 0.529. The normalized spacial score (nSPS) is 16.3. The van der Waals surface area contributed by atoms with E-state index in [0.717, 1.165) is 42.7 Å². The molecule has 0 aromatic heterocycles. The van der Waals surface area contributed by atoms with Crippen molar-refractivity contribution in [2.24, 2.45) is 5.73 Å². The van der Waals surface area contributed by atoms with Gasteiger partial charge in [0.1, 0.15) is 17.6 Å². The van der Waals surface area contributed by atoms with Gasteiger partial charge in [0, 0.05) is 6.42 Å². The third kappa shape index (κ3) is 5.81. The van der Waals surface area contributed by atoms with Gasteiger partial charge in [-0.2, -0.15) is 0 Å². The molecule has 1 atom stereocenters. The summed E-state index contributed by atoms with van der Waals surface area (Å²) in [6.45, 7) is 0.638.